The molecule has 1 atom stereocenters. The lowest BCUT2D eigenvalue weighted by Crippen LogP contribution is -2.44. The van der Waals surface area contributed by atoms with Gasteiger partial charge >= 0.3 is 12.0 Å². The number of amides is 2. The lowest BCUT2D eigenvalue weighted by Gasteiger charge is -2.30. The molecule has 8 nitrogen and oxygen atoms in total. The zero-order valence-electron chi connectivity index (χ0n) is 17.9. The number of hydrogen-bond acceptors (Lipinski definition) is 6. The van der Waals surface area contributed by atoms with Crippen molar-refractivity contribution in [2.45, 2.75) is 19.9 Å². The highest BCUT2D eigenvalue weighted by Gasteiger charge is 2.33. The van der Waals surface area contributed by atoms with E-state index in [9.17, 15) is 14.4 Å². The van der Waals surface area contributed by atoms with Crippen molar-refractivity contribution < 1.29 is 28.6 Å². The molecule has 0 radical (unpaired) electrons. The van der Waals surface area contributed by atoms with E-state index in [4.69, 9.17) is 25.8 Å². The SMILES string of the molecule is CCOC(=O)COc1cc(Cl)c([C@H]2NC(=O)NC(c3ccccc3)=C2C(C)=O)cc1OC. The van der Waals surface area contributed by atoms with Crippen LogP contribution in [0.15, 0.2) is 48.0 Å². The van der Waals surface area contributed by atoms with Crippen molar-refractivity contribution in [2.24, 2.45) is 0 Å². The maximum absolute atomic E-state index is 12.6. The van der Waals surface area contributed by atoms with Gasteiger partial charge < -0.3 is 24.8 Å². The predicted molar refractivity (Wildman–Crippen MR) is 119 cm³/mol. The van der Waals surface area contributed by atoms with Crippen LogP contribution < -0.4 is 20.1 Å². The molecule has 0 aliphatic carbocycles. The highest BCUT2D eigenvalue weighted by molar-refractivity contribution is 6.31. The lowest BCUT2D eigenvalue weighted by atomic mass is 9.90. The third kappa shape index (κ3) is 5.03. The number of ketones is 1. The molecule has 3 rings (SSSR count). The van der Waals surface area contributed by atoms with E-state index >= 15 is 0 Å². The Morgan fingerprint density at radius 1 is 1.12 bits per heavy atom. The van der Waals surface area contributed by atoms with Crippen LogP contribution in [0.2, 0.25) is 5.02 Å². The third-order valence-electron chi connectivity index (χ3n) is 4.76. The average Bonchev–Trinajstić information content (AvgIpc) is 2.77. The van der Waals surface area contributed by atoms with Gasteiger partial charge in [-0.05, 0) is 25.5 Å². The second-order valence-corrected chi connectivity index (χ2v) is 7.27. The quantitative estimate of drug-likeness (QED) is 0.585. The smallest absolute Gasteiger partial charge is 0.344 e. The van der Waals surface area contributed by atoms with Gasteiger partial charge in [0.2, 0.25) is 0 Å². The molecule has 0 unspecified atom stereocenters. The van der Waals surface area contributed by atoms with Gasteiger partial charge in [-0.3, -0.25) is 4.79 Å². The third-order valence-corrected chi connectivity index (χ3v) is 5.09. The van der Waals surface area contributed by atoms with Gasteiger partial charge in [-0.25, -0.2) is 9.59 Å². The van der Waals surface area contributed by atoms with Crippen LogP contribution in [-0.2, 0) is 14.3 Å². The summed E-state index contributed by atoms with van der Waals surface area (Å²) in [6.07, 6.45) is 0. The number of methoxy groups -OCH3 is 1. The van der Waals surface area contributed by atoms with Crippen LogP contribution in [0.25, 0.3) is 5.70 Å². The zero-order valence-corrected chi connectivity index (χ0v) is 18.6. The van der Waals surface area contributed by atoms with Gasteiger partial charge in [-0.1, -0.05) is 41.9 Å². The van der Waals surface area contributed by atoms with Crippen LogP contribution >= 0.6 is 11.6 Å². The molecule has 0 saturated carbocycles. The number of esters is 1. The number of carbonyl (C=O) groups is 3. The van der Waals surface area contributed by atoms with Crippen molar-refractivity contribution in [2.75, 3.05) is 20.3 Å². The largest absolute Gasteiger partial charge is 0.493 e. The summed E-state index contributed by atoms with van der Waals surface area (Å²) in [5.74, 6) is -0.259. The van der Waals surface area contributed by atoms with Crippen molar-refractivity contribution in [1.82, 2.24) is 10.6 Å². The van der Waals surface area contributed by atoms with E-state index < -0.39 is 18.0 Å². The molecule has 2 N–H and O–H groups in total. The Morgan fingerprint density at radius 2 is 1.84 bits per heavy atom. The molecule has 1 heterocycles. The first kappa shape index (κ1) is 23.1. The Hall–Kier alpha value is -3.52. The van der Waals surface area contributed by atoms with E-state index in [1.807, 2.05) is 18.2 Å². The van der Waals surface area contributed by atoms with Crippen LogP contribution in [-0.4, -0.2) is 38.1 Å². The number of benzene rings is 2. The summed E-state index contributed by atoms with van der Waals surface area (Å²) in [5.41, 5.74) is 1.89. The minimum absolute atomic E-state index is 0.225. The topological polar surface area (TPSA) is 103 Å². The monoisotopic (exact) mass is 458 g/mol. The fraction of sp³-hybridized carbons (Fsp3) is 0.261. The fourth-order valence-corrected chi connectivity index (χ4v) is 3.66. The summed E-state index contributed by atoms with van der Waals surface area (Å²) in [4.78, 5) is 36.7. The number of rotatable bonds is 8. The van der Waals surface area contributed by atoms with E-state index in [0.717, 1.165) is 0 Å². The number of urea groups is 1. The number of carbonyl (C=O) groups excluding carboxylic acids is 3. The first-order valence-corrected chi connectivity index (χ1v) is 10.3. The summed E-state index contributed by atoms with van der Waals surface area (Å²) < 4.78 is 15.7. The highest BCUT2D eigenvalue weighted by Crippen LogP contribution is 2.40. The first-order chi connectivity index (χ1) is 15.3. The van der Waals surface area contributed by atoms with E-state index in [0.29, 0.717) is 22.4 Å². The summed E-state index contributed by atoms with van der Waals surface area (Å²) in [5, 5.41) is 5.71. The van der Waals surface area contributed by atoms with Crippen LogP contribution in [0.5, 0.6) is 11.5 Å². The van der Waals surface area contributed by atoms with Gasteiger partial charge in [0, 0.05) is 17.2 Å². The Balaban J connectivity index is 2.05. The molecule has 0 saturated heterocycles. The Morgan fingerprint density at radius 3 is 2.47 bits per heavy atom. The molecule has 9 heteroatoms. The van der Waals surface area contributed by atoms with Crippen molar-refractivity contribution >= 4 is 35.1 Å². The minimum Gasteiger partial charge on any atom is -0.493 e. The molecule has 2 aromatic rings. The van der Waals surface area contributed by atoms with Crippen molar-refractivity contribution in [3.63, 3.8) is 0 Å². The molecule has 1 aliphatic heterocycles. The highest BCUT2D eigenvalue weighted by atomic mass is 35.5. The normalized spacial score (nSPS) is 15.5. The molecule has 2 aromatic carbocycles. The number of halogens is 1. The summed E-state index contributed by atoms with van der Waals surface area (Å²) >= 11 is 6.52. The molecule has 0 spiro atoms. The average molecular weight is 459 g/mol. The standard InChI is InChI=1S/C23H23ClN2O6/c1-4-31-19(28)12-32-18-11-16(24)15(10-17(18)30-3)22-20(13(2)27)21(25-23(29)26-22)14-8-6-5-7-9-14/h5-11,22H,4,12H2,1-3H3,(H2,25,26,29)/t22-/m1/s1. The van der Waals surface area contributed by atoms with Crippen LogP contribution in [0.4, 0.5) is 4.79 Å². The van der Waals surface area contributed by atoms with Crippen molar-refractivity contribution in [3.05, 3.63) is 64.2 Å². The molecule has 168 valence electrons. The van der Waals surface area contributed by atoms with E-state index in [1.165, 1.54) is 20.1 Å². The zero-order chi connectivity index (χ0) is 23.3. The fourth-order valence-electron chi connectivity index (χ4n) is 3.39. The second-order valence-electron chi connectivity index (χ2n) is 6.86. The molecular formula is C23H23ClN2O6. The molecule has 32 heavy (non-hydrogen) atoms. The first-order valence-electron chi connectivity index (χ1n) is 9.89. The number of ether oxygens (including phenoxy) is 3. The lowest BCUT2D eigenvalue weighted by molar-refractivity contribution is -0.145. The maximum Gasteiger partial charge on any atom is 0.344 e. The van der Waals surface area contributed by atoms with Crippen LogP contribution in [0.1, 0.15) is 31.0 Å². The summed E-state index contributed by atoms with van der Waals surface area (Å²) in [6.45, 7) is 3.03. The van der Waals surface area contributed by atoms with Gasteiger partial charge in [-0.2, -0.15) is 0 Å². The number of Topliss-reactive ketones (excluding diaryl/α,β-unsaturated/α-hetero) is 1. The Kier molecular flexibility index (Phi) is 7.37. The molecule has 1 aliphatic rings. The maximum atomic E-state index is 12.6. The van der Waals surface area contributed by atoms with Crippen molar-refractivity contribution in [1.29, 1.82) is 0 Å². The van der Waals surface area contributed by atoms with Gasteiger partial charge in [-0.15, -0.1) is 0 Å². The van der Waals surface area contributed by atoms with Gasteiger partial charge in [0.15, 0.2) is 23.9 Å². The number of nitrogens with one attached hydrogen (secondary N) is 2. The van der Waals surface area contributed by atoms with E-state index in [2.05, 4.69) is 10.6 Å². The number of hydrogen-bond donors (Lipinski definition) is 2. The molecule has 0 fully saturated rings. The Labute approximate surface area is 190 Å². The minimum atomic E-state index is -0.822. The van der Waals surface area contributed by atoms with Crippen molar-refractivity contribution in [3.8, 4) is 11.5 Å². The van der Waals surface area contributed by atoms with Crippen LogP contribution in [0.3, 0.4) is 0 Å². The van der Waals surface area contributed by atoms with E-state index in [1.54, 1.807) is 25.1 Å². The molecule has 0 aromatic heterocycles. The summed E-state index contributed by atoms with van der Waals surface area (Å²) in [7, 11) is 1.43. The molecule has 0 bridgehead atoms. The van der Waals surface area contributed by atoms with Gasteiger partial charge in [0.1, 0.15) is 0 Å². The Bertz CT molecular complexity index is 1070. The summed E-state index contributed by atoms with van der Waals surface area (Å²) in [6, 6.07) is 10.8. The van der Waals surface area contributed by atoms with Gasteiger partial charge in [0.25, 0.3) is 0 Å². The molecule has 2 amide bonds. The molecular weight excluding hydrogens is 436 g/mol. The van der Waals surface area contributed by atoms with Gasteiger partial charge in [0.05, 0.1) is 30.5 Å². The predicted octanol–water partition coefficient (Wildman–Crippen LogP) is 3.64. The van der Waals surface area contributed by atoms with Crippen LogP contribution in [0, 0.1) is 0 Å². The van der Waals surface area contributed by atoms with E-state index in [-0.39, 0.29) is 35.5 Å². The second kappa shape index (κ2) is 10.2.